The maximum absolute atomic E-state index is 12.8. The zero-order valence-electron chi connectivity index (χ0n) is 18.6. The Morgan fingerprint density at radius 1 is 1.18 bits per heavy atom. The fraction of sp³-hybridized carbons (Fsp3) is 0.435. The van der Waals surface area contributed by atoms with Crippen LogP contribution in [0.5, 0.6) is 11.5 Å². The van der Waals surface area contributed by atoms with Crippen molar-refractivity contribution < 1.29 is 22.7 Å². The number of ether oxygens (including phenoxy) is 2. The number of benzene rings is 2. The first-order valence-corrected chi connectivity index (χ1v) is 12.5. The van der Waals surface area contributed by atoms with Gasteiger partial charge in [-0.25, -0.2) is 13.1 Å². The number of ketones is 1. The van der Waals surface area contributed by atoms with E-state index in [-0.39, 0.29) is 34.2 Å². The molecule has 2 aromatic carbocycles. The second-order valence-corrected chi connectivity index (χ2v) is 10.2. The van der Waals surface area contributed by atoms with Crippen LogP contribution in [0.3, 0.4) is 0 Å². The van der Waals surface area contributed by atoms with Gasteiger partial charge in [0.25, 0.3) is 0 Å². The van der Waals surface area contributed by atoms with Crippen LogP contribution in [0.4, 0.5) is 0 Å². The van der Waals surface area contributed by atoms with E-state index in [1.54, 1.807) is 32.4 Å². The number of halogens is 2. The molecule has 1 atom stereocenters. The van der Waals surface area contributed by atoms with Crippen LogP contribution in [-0.2, 0) is 16.4 Å². The first-order chi connectivity index (χ1) is 15.4. The zero-order valence-corrected chi connectivity index (χ0v) is 21.0. The van der Waals surface area contributed by atoms with Crippen molar-refractivity contribution >= 4 is 39.8 Å². The van der Waals surface area contributed by atoms with Crippen molar-refractivity contribution in [3.8, 4) is 11.5 Å². The van der Waals surface area contributed by atoms with E-state index in [4.69, 9.17) is 21.1 Å². The van der Waals surface area contributed by atoms with Crippen LogP contribution in [0.25, 0.3) is 0 Å². The number of unbranched alkanes of at least 4 members (excludes halogenated alkanes) is 1. The maximum Gasteiger partial charge on any atom is 0.242 e. The van der Waals surface area contributed by atoms with E-state index in [1.807, 2.05) is 6.07 Å². The van der Waals surface area contributed by atoms with Gasteiger partial charge in [0, 0.05) is 25.6 Å². The van der Waals surface area contributed by atoms with Gasteiger partial charge in [0.15, 0.2) is 17.3 Å². The lowest BCUT2D eigenvalue weighted by Crippen LogP contribution is -2.35. The average molecular weight is 515 g/mol. The molecule has 1 unspecified atom stereocenters. The normalized spacial score (nSPS) is 17.4. The van der Waals surface area contributed by atoms with Gasteiger partial charge in [-0.1, -0.05) is 23.7 Å². The number of carbonyl (C=O) groups is 1. The molecular weight excluding hydrogens is 487 g/mol. The Hall–Kier alpha value is -1.84. The van der Waals surface area contributed by atoms with Crippen LogP contribution in [0.15, 0.2) is 35.2 Å². The largest absolute Gasteiger partial charge is 0.493 e. The maximum atomic E-state index is 12.8. The Balaban J connectivity index is 0.00000306. The Morgan fingerprint density at radius 3 is 2.64 bits per heavy atom. The summed E-state index contributed by atoms with van der Waals surface area (Å²) >= 11 is 6.01. The number of carbonyl (C=O) groups excluding carboxylic acids is 1. The second-order valence-electron chi connectivity index (χ2n) is 8.02. The van der Waals surface area contributed by atoms with E-state index in [0.29, 0.717) is 36.4 Å². The van der Waals surface area contributed by atoms with Crippen LogP contribution in [-0.4, -0.2) is 53.0 Å². The lowest BCUT2D eigenvalue weighted by Gasteiger charge is -2.35. The van der Waals surface area contributed by atoms with Gasteiger partial charge in [-0.05, 0) is 55.1 Å². The number of Topliss-reactive ketones (excluding diaryl/α,β-unsaturated/α-hetero) is 1. The highest BCUT2D eigenvalue weighted by atomic mass is 35.5. The Labute approximate surface area is 205 Å². The highest BCUT2D eigenvalue weighted by molar-refractivity contribution is 7.89. The van der Waals surface area contributed by atoms with E-state index in [0.717, 1.165) is 37.1 Å². The minimum absolute atomic E-state index is 0. The highest BCUT2D eigenvalue weighted by Gasteiger charge is 2.41. The Morgan fingerprint density at radius 2 is 1.94 bits per heavy atom. The molecule has 2 aliphatic rings. The number of nitrogens with one attached hydrogen (secondary N) is 1. The van der Waals surface area contributed by atoms with Crippen LogP contribution in [0, 0.1) is 0 Å². The van der Waals surface area contributed by atoms with Gasteiger partial charge in [0.2, 0.25) is 10.0 Å². The lowest BCUT2D eigenvalue weighted by molar-refractivity contribution is 0.0946. The van der Waals surface area contributed by atoms with E-state index in [2.05, 4.69) is 9.62 Å². The molecule has 0 radical (unpaired) electrons. The van der Waals surface area contributed by atoms with E-state index in [1.165, 1.54) is 6.07 Å². The standard InChI is InChI=1S/C23H27ClN2O5S.ClH/c1-30-19-13-15-9-12-26(17-14-18(27)22(21(15)17)23(19)31-2)11-6-5-10-25-32(28,29)20-8-4-3-7-16(20)24;/h3-4,7-8,13,17,25H,5-6,9-12,14H2,1-2H3;1H. The smallest absolute Gasteiger partial charge is 0.242 e. The molecule has 33 heavy (non-hydrogen) atoms. The summed E-state index contributed by atoms with van der Waals surface area (Å²) in [6, 6.07) is 8.43. The molecule has 1 heterocycles. The number of methoxy groups -OCH3 is 2. The highest BCUT2D eigenvalue weighted by Crippen LogP contribution is 2.48. The Kier molecular flexibility index (Phi) is 8.29. The van der Waals surface area contributed by atoms with E-state index in [9.17, 15) is 13.2 Å². The van der Waals surface area contributed by atoms with Crippen LogP contribution >= 0.6 is 24.0 Å². The minimum atomic E-state index is -3.63. The molecule has 7 nitrogen and oxygen atoms in total. The first-order valence-electron chi connectivity index (χ1n) is 10.7. The van der Waals surface area contributed by atoms with Gasteiger partial charge < -0.3 is 9.47 Å². The van der Waals surface area contributed by atoms with Crippen molar-refractivity contribution in [3.05, 3.63) is 52.0 Å². The molecule has 1 aliphatic carbocycles. The summed E-state index contributed by atoms with van der Waals surface area (Å²) in [5.41, 5.74) is 2.87. The second kappa shape index (κ2) is 10.6. The molecule has 180 valence electrons. The van der Waals surface area contributed by atoms with E-state index >= 15 is 0 Å². The summed E-state index contributed by atoms with van der Waals surface area (Å²) in [7, 11) is -0.484. The molecular formula is C23H28Cl2N2O5S. The van der Waals surface area contributed by atoms with Gasteiger partial charge in [-0.15, -0.1) is 12.4 Å². The Bertz CT molecular complexity index is 1140. The number of hydrogen-bond acceptors (Lipinski definition) is 6. The van der Waals surface area contributed by atoms with Crippen LogP contribution in [0.1, 0.15) is 46.8 Å². The monoisotopic (exact) mass is 514 g/mol. The number of hydrogen-bond donors (Lipinski definition) is 1. The summed E-state index contributed by atoms with van der Waals surface area (Å²) in [6.45, 7) is 1.97. The zero-order chi connectivity index (χ0) is 22.9. The third kappa shape index (κ3) is 5.00. The molecule has 0 fully saturated rings. The quantitative estimate of drug-likeness (QED) is 0.508. The van der Waals surface area contributed by atoms with Crippen molar-refractivity contribution in [2.24, 2.45) is 0 Å². The molecule has 0 aromatic heterocycles. The molecule has 4 rings (SSSR count). The molecule has 1 aliphatic heterocycles. The molecule has 0 saturated heterocycles. The van der Waals surface area contributed by atoms with Gasteiger partial charge in [-0.2, -0.15) is 0 Å². The van der Waals surface area contributed by atoms with Gasteiger partial charge in [0.05, 0.1) is 24.8 Å². The van der Waals surface area contributed by atoms with Crippen molar-refractivity contribution in [1.29, 1.82) is 0 Å². The predicted octanol–water partition coefficient (Wildman–Crippen LogP) is 4.02. The van der Waals surface area contributed by atoms with Crippen molar-refractivity contribution in [2.45, 2.75) is 36.6 Å². The lowest BCUT2D eigenvalue weighted by atomic mass is 9.92. The van der Waals surface area contributed by atoms with Gasteiger partial charge in [-0.3, -0.25) is 9.69 Å². The van der Waals surface area contributed by atoms with Gasteiger partial charge in [0.1, 0.15) is 4.90 Å². The SMILES string of the molecule is COc1cc2c3c(c1OC)C(=O)CC3N(CCCCNS(=O)(=O)c1ccccc1Cl)CC2.Cl. The summed E-state index contributed by atoms with van der Waals surface area (Å²) in [5, 5.41) is 0.209. The summed E-state index contributed by atoms with van der Waals surface area (Å²) in [5.74, 6) is 1.21. The number of nitrogens with zero attached hydrogens (tertiary/aromatic N) is 1. The first kappa shape index (κ1) is 25.8. The number of sulfonamides is 1. The third-order valence-electron chi connectivity index (χ3n) is 6.19. The van der Waals surface area contributed by atoms with Crippen molar-refractivity contribution in [3.63, 3.8) is 0 Å². The molecule has 0 bridgehead atoms. The minimum Gasteiger partial charge on any atom is -0.493 e. The van der Waals surface area contributed by atoms with Gasteiger partial charge >= 0.3 is 0 Å². The van der Waals surface area contributed by atoms with Crippen LogP contribution in [0.2, 0.25) is 5.02 Å². The van der Waals surface area contributed by atoms with E-state index < -0.39 is 10.0 Å². The molecule has 0 saturated carbocycles. The third-order valence-corrected chi connectivity index (χ3v) is 8.15. The molecule has 10 heteroatoms. The number of rotatable bonds is 9. The summed E-state index contributed by atoms with van der Waals surface area (Å²) in [6.07, 6.45) is 2.77. The fourth-order valence-electron chi connectivity index (χ4n) is 4.69. The average Bonchev–Trinajstić information content (AvgIpc) is 3.13. The fourth-order valence-corrected chi connectivity index (χ4v) is 6.28. The molecule has 0 spiro atoms. The topological polar surface area (TPSA) is 84.9 Å². The molecule has 1 N–H and O–H groups in total. The summed E-state index contributed by atoms with van der Waals surface area (Å²) in [4.78, 5) is 15.2. The molecule has 0 amide bonds. The molecule has 2 aromatic rings. The summed E-state index contributed by atoms with van der Waals surface area (Å²) < 4.78 is 38.5. The van der Waals surface area contributed by atoms with Crippen molar-refractivity contribution in [1.82, 2.24) is 9.62 Å². The predicted molar refractivity (Wildman–Crippen MR) is 130 cm³/mol. The van der Waals surface area contributed by atoms with Crippen molar-refractivity contribution in [2.75, 3.05) is 33.9 Å². The van der Waals surface area contributed by atoms with Crippen LogP contribution < -0.4 is 14.2 Å².